The van der Waals surface area contributed by atoms with Crippen molar-refractivity contribution in [1.82, 2.24) is 5.43 Å². The average molecular weight is 342 g/mol. The van der Waals surface area contributed by atoms with Crippen molar-refractivity contribution < 1.29 is 14.3 Å². The number of nitrogens with zero attached hydrogens (tertiary/aromatic N) is 1. The van der Waals surface area contributed by atoms with E-state index in [0.29, 0.717) is 30.3 Å². The summed E-state index contributed by atoms with van der Waals surface area (Å²) in [4.78, 5) is 10.5. The molecule has 7 heteroatoms. The molecule has 0 saturated carbocycles. The molecule has 20 heavy (non-hydrogen) atoms. The number of nitrogens with two attached hydrogens (primary N) is 1. The topological polar surface area (TPSA) is 85.9 Å². The standard InChI is InChI=1S/C13H16BrN3O3/c1-3-5-20-12-7-10(14)9(6-11(12)19-4-2)8-16-17-13(15)18/h3,6-8H,1,4-5H2,2H3,(H3,15,17,18)/b16-8+. The van der Waals surface area contributed by atoms with Crippen molar-refractivity contribution in [2.45, 2.75) is 6.92 Å². The molecule has 0 fully saturated rings. The lowest BCUT2D eigenvalue weighted by molar-refractivity contribution is 0.249. The summed E-state index contributed by atoms with van der Waals surface area (Å²) in [5.74, 6) is 1.18. The van der Waals surface area contributed by atoms with Gasteiger partial charge in [-0.25, -0.2) is 10.2 Å². The maximum absolute atomic E-state index is 10.5. The lowest BCUT2D eigenvalue weighted by Gasteiger charge is -2.12. The largest absolute Gasteiger partial charge is 0.490 e. The molecule has 108 valence electrons. The van der Waals surface area contributed by atoms with E-state index in [1.165, 1.54) is 6.21 Å². The minimum Gasteiger partial charge on any atom is -0.490 e. The smallest absolute Gasteiger partial charge is 0.332 e. The Kier molecular flexibility index (Phi) is 6.58. The number of rotatable bonds is 7. The monoisotopic (exact) mass is 341 g/mol. The molecule has 0 aliphatic heterocycles. The fraction of sp³-hybridized carbons (Fsp3) is 0.231. The molecule has 3 N–H and O–H groups in total. The molecule has 0 spiro atoms. The molecule has 0 heterocycles. The van der Waals surface area contributed by atoms with Gasteiger partial charge in [0, 0.05) is 10.0 Å². The Morgan fingerprint density at radius 2 is 2.20 bits per heavy atom. The molecule has 2 amide bonds. The van der Waals surface area contributed by atoms with E-state index in [1.54, 1.807) is 18.2 Å². The second-order valence-electron chi connectivity index (χ2n) is 3.59. The Bertz CT molecular complexity index is 518. The zero-order chi connectivity index (χ0) is 15.0. The Hall–Kier alpha value is -2.02. The van der Waals surface area contributed by atoms with E-state index >= 15 is 0 Å². The molecule has 0 radical (unpaired) electrons. The van der Waals surface area contributed by atoms with E-state index in [1.807, 2.05) is 6.92 Å². The fourth-order valence-electron chi connectivity index (χ4n) is 1.35. The van der Waals surface area contributed by atoms with E-state index < -0.39 is 6.03 Å². The highest BCUT2D eigenvalue weighted by molar-refractivity contribution is 9.10. The molecule has 0 aliphatic rings. The van der Waals surface area contributed by atoms with Gasteiger partial charge >= 0.3 is 6.03 Å². The number of primary amides is 1. The van der Waals surface area contributed by atoms with Crippen LogP contribution < -0.4 is 20.6 Å². The lowest BCUT2D eigenvalue weighted by atomic mass is 10.2. The molecule has 0 unspecified atom stereocenters. The summed E-state index contributed by atoms with van der Waals surface area (Å²) in [6.07, 6.45) is 3.10. The van der Waals surface area contributed by atoms with Crippen LogP contribution >= 0.6 is 15.9 Å². The van der Waals surface area contributed by atoms with Crippen molar-refractivity contribution in [3.63, 3.8) is 0 Å². The predicted octanol–water partition coefficient (Wildman–Crippen LogP) is 2.41. The van der Waals surface area contributed by atoms with Gasteiger partial charge < -0.3 is 15.2 Å². The van der Waals surface area contributed by atoms with Crippen molar-refractivity contribution in [3.05, 3.63) is 34.8 Å². The van der Waals surface area contributed by atoms with Gasteiger partial charge in [0.1, 0.15) is 6.61 Å². The Morgan fingerprint density at radius 1 is 1.50 bits per heavy atom. The van der Waals surface area contributed by atoms with Crippen LogP contribution in [0.25, 0.3) is 0 Å². The lowest BCUT2D eigenvalue weighted by Crippen LogP contribution is -2.24. The number of ether oxygens (including phenoxy) is 2. The van der Waals surface area contributed by atoms with Gasteiger partial charge in [-0.15, -0.1) is 0 Å². The number of nitrogens with one attached hydrogen (secondary N) is 1. The van der Waals surface area contributed by atoms with Crippen molar-refractivity contribution in [2.75, 3.05) is 13.2 Å². The van der Waals surface area contributed by atoms with Gasteiger partial charge in [0.05, 0.1) is 12.8 Å². The molecule has 0 atom stereocenters. The number of urea groups is 1. The van der Waals surface area contributed by atoms with Crippen LogP contribution in [0.4, 0.5) is 4.79 Å². The molecule has 6 nitrogen and oxygen atoms in total. The van der Waals surface area contributed by atoms with Gasteiger partial charge in [0.2, 0.25) is 0 Å². The zero-order valence-electron chi connectivity index (χ0n) is 11.1. The SMILES string of the molecule is C=CCOc1cc(Br)c(/C=N/NC(N)=O)cc1OCC. The van der Waals surface area contributed by atoms with Crippen LogP contribution in [0.5, 0.6) is 11.5 Å². The third kappa shape index (κ3) is 4.93. The molecule has 1 rings (SSSR count). The third-order valence-electron chi connectivity index (χ3n) is 2.10. The van der Waals surface area contributed by atoms with Crippen molar-refractivity contribution >= 4 is 28.2 Å². The minimum atomic E-state index is -0.728. The molecule has 0 bridgehead atoms. The normalized spacial score (nSPS) is 10.3. The van der Waals surface area contributed by atoms with Gasteiger partial charge in [-0.3, -0.25) is 0 Å². The number of hydrogen-bond acceptors (Lipinski definition) is 4. The van der Waals surface area contributed by atoms with Crippen LogP contribution in [0, 0.1) is 0 Å². The van der Waals surface area contributed by atoms with Crippen LogP contribution in [0.3, 0.4) is 0 Å². The Balaban J connectivity index is 3.01. The molecule has 1 aromatic carbocycles. The highest BCUT2D eigenvalue weighted by atomic mass is 79.9. The van der Waals surface area contributed by atoms with E-state index in [4.69, 9.17) is 15.2 Å². The predicted molar refractivity (Wildman–Crippen MR) is 81.3 cm³/mol. The van der Waals surface area contributed by atoms with Crippen LogP contribution in [0.2, 0.25) is 0 Å². The van der Waals surface area contributed by atoms with E-state index in [-0.39, 0.29) is 0 Å². The summed E-state index contributed by atoms with van der Waals surface area (Å²) in [6, 6.07) is 2.78. The summed E-state index contributed by atoms with van der Waals surface area (Å²) in [5, 5.41) is 3.70. The van der Waals surface area contributed by atoms with Crippen LogP contribution in [0.15, 0.2) is 34.4 Å². The maximum Gasteiger partial charge on any atom is 0.332 e. The van der Waals surface area contributed by atoms with Crippen molar-refractivity contribution in [2.24, 2.45) is 10.8 Å². The molecular formula is C13H16BrN3O3. The zero-order valence-corrected chi connectivity index (χ0v) is 12.6. The summed E-state index contributed by atoms with van der Waals surface area (Å²) in [6.45, 7) is 6.35. The molecule has 1 aromatic rings. The number of amides is 2. The van der Waals surface area contributed by atoms with Crippen LogP contribution in [-0.4, -0.2) is 25.5 Å². The summed E-state index contributed by atoms with van der Waals surface area (Å²) >= 11 is 3.39. The quantitative estimate of drug-likeness (QED) is 0.453. The summed E-state index contributed by atoms with van der Waals surface area (Å²) in [5.41, 5.74) is 7.76. The Morgan fingerprint density at radius 3 is 2.80 bits per heavy atom. The summed E-state index contributed by atoms with van der Waals surface area (Å²) in [7, 11) is 0. The molecule has 0 aliphatic carbocycles. The van der Waals surface area contributed by atoms with Gasteiger partial charge in [-0.1, -0.05) is 12.7 Å². The first kappa shape index (κ1) is 16.0. The number of hydrogen-bond donors (Lipinski definition) is 2. The highest BCUT2D eigenvalue weighted by Crippen LogP contribution is 2.33. The van der Waals surface area contributed by atoms with Gasteiger partial charge in [0.15, 0.2) is 11.5 Å². The van der Waals surface area contributed by atoms with E-state index in [9.17, 15) is 4.79 Å². The highest BCUT2D eigenvalue weighted by Gasteiger charge is 2.09. The first-order valence-electron chi connectivity index (χ1n) is 5.87. The molecular weight excluding hydrogens is 326 g/mol. The van der Waals surface area contributed by atoms with Crippen molar-refractivity contribution in [1.29, 1.82) is 0 Å². The maximum atomic E-state index is 10.5. The number of hydrazone groups is 1. The number of carbonyl (C=O) groups excluding carboxylic acids is 1. The first-order chi connectivity index (χ1) is 9.58. The summed E-state index contributed by atoms with van der Waals surface area (Å²) < 4.78 is 11.8. The number of halogens is 1. The second kappa shape index (κ2) is 8.21. The second-order valence-corrected chi connectivity index (χ2v) is 4.44. The van der Waals surface area contributed by atoms with Gasteiger partial charge in [0.25, 0.3) is 0 Å². The van der Waals surface area contributed by atoms with E-state index in [2.05, 4.69) is 33.0 Å². The molecule has 0 aromatic heterocycles. The third-order valence-corrected chi connectivity index (χ3v) is 2.78. The molecule has 0 saturated heterocycles. The van der Waals surface area contributed by atoms with Crippen LogP contribution in [0.1, 0.15) is 12.5 Å². The fourth-order valence-corrected chi connectivity index (χ4v) is 1.77. The number of benzene rings is 1. The van der Waals surface area contributed by atoms with E-state index in [0.717, 1.165) is 4.47 Å². The van der Waals surface area contributed by atoms with Gasteiger partial charge in [-0.05, 0) is 35.0 Å². The number of carbonyl (C=O) groups is 1. The van der Waals surface area contributed by atoms with Crippen LogP contribution in [-0.2, 0) is 0 Å². The average Bonchev–Trinajstić information content (AvgIpc) is 2.40. The Labute approximate surface area is 125 Å². The first-order valence-corrected chi connectivity index (χ1v) is 6.66. The minimum absolute atomic E-state index is 0.378. The van der Waals surface area contributed by atoms with Gasteiger partial charge in [-0.2, -0.15) is 5.10 Å². The van der Waals surface area contributed by atoms with Crippen molar-refractivity contribution in [3.8, 4) is 11.5 Å².